The van der Waals surface area contributed by atoms with Gasteiger partial charge in [0.25, 0.3) is 17.3 Å². The first-order valence-corrected chi connectivity index (χ1v) is 7.78. The highest BCUT2D eigenvalue weighted by molar-refractivity contribution is 5.95. The minimum atomic E-state index is -0.750. The largest absolute Gasteiger partial charge is 0.345 e. The maximum absolute atomic E-state index is 12.5. The molecule has 2 aromatic carbocycles. The molecule has 1 N–H and O–H groups in total. The van der Waals surface area contributed by atoms with Crippen LogP contribution >= 0.6 is 0 Å². The molecule has 0 fully saturated rings. The van der Waals surface area contributed by atoms with Crippen molar-refractivity contribution < 1.29 is 14.6 Å². The Morgan fingerprint density at radius 1 is 1.04 bits per heavy atom. The van der Waals surface area contributed by atoms with Crippen molar-refractivity contribution in [2.75, 3.05) is 0 Å². The highest BCUT2D eigenvalue weighted by atomic mass is 16.6. The van der Waals surface area contributed by atoms with Crippen molar-refractivity contribution in [1.82, 2.24) is 5.32 Å². The number of fused-ring (bicyclic) bond motifs is 1. The van der Waals surface area contributed by atoms with E-state index in [4.69, 9.17) is 0 Å². The second-order valence-electron chi connectivity index (χ2n) is 5.87. The number of carbonyl (C=O) groups excluding carboxylic acids is 1. The van der Waals surface area contributed by atoms with Crippen LogP contribution in [0.4, 0.5) is 11.4 Å². The number of amides is 1. The van der Waals surface area contributed by atoms with Gasteiger partial charge in [0.1, 0.15) is 0 Å². The number of non-ortho nitro benzene ring substituents is 2. The average molecular weight is 341 g/mol. The minimum absolute atomic E-state index is 0.0936. The van der Waals surface area contributed by atoms with Crippen LogP contribution in [-0.4, -0.2) is 15.8 Å². The van der Waals surface area contributed by atoms with E-state index in [2.05, 4.69) is 5.32 Å². The number of nitrogens with one attached hydrogen (secondary N) is 1. The maximum atomic E-state index is 12.5. The van der Waals surface area contributed by atoms with Gasteiger partial charge in [0.05, 0.1) is 27.5 Å². The Kier molecular flexibility index (Phi) is 4.42. The minimum Gasteiger partial charge on any atom is -0.345 e. The highest BCUT2D eigenvalue weighted by Gasteiger charge is 2.24. The molecule has 1 aliphatic carbocycles. The third-order valence-corrected chi connectivity index (χ3v) is 4.26. The average Bonchev–Trinajstić information content (AvgIpc) is 2.61. The Bertz CT molecular complexity index is 833. The summed E-state index contributed by atoms with van der Waals surface area (Å²) < 4.78 is 0. The molecule has 1 atom stereocenters. The molecule has 0 aromatic heterocycles. The standard InChI is InChI=1S/C17H15N3O5/c21-17(12-8-13(19(22)23)10-14(9-12)20(24)25)18-16-7-3-5-11-4-1-2-6-15(11)16/h1-2,4,6,8-10,16H,3,5,7H2,(H,18,21)/t16-/m0/s1. The second kappa shape index (κ2) is 6.68. The van der Waals surface area contributed by atoms with E-state index >= 15 is 0 Å². The predicted octanol–water partition coefficient (Wildman–Crippen LogP) is 3.31. The van der Waals surface area contributed by atoms with Gasteiger partial charge in [-0.2, -0.15) is 0 Å². The number of aryl methyl sites for hydroxylation is 1. The van der Waals surface area contributed by atoms with E-state index in [1.807, 2.05) is 24.3 Å². The summed E-state index contributed by atoms with van der Waals surface area (Å²) in [5.41, 5.74) is 1.11. The van der Waals surface area contributed by atoms with Crippen molar-refractivity contribution in [2.24, 2.45) is 0 Å². The Morgan fingerprint density at radius 2 is 1.68 bits per heavy atom. The Morgan fingerprint density at radius 3 is 2.32 bits per heavy atom. The van der Waals surface area contributed by atoms with Gasteiger partial charge in [-0.3, -0.25) is 25.0 Å². The van der Waals surface area contributed by atoms with Gasteiger partial charge in [0, 0.05) is 12.1 Å². The Labute approximate surface area is 142 Å². The van der Waals surface area contributed by atoms with Gasteiger partial charge in [0.15, 0.2) is 0 Å². The lowest BCUT2D eigenvalue weighted by atomic mass is 9.87. The van der Waals surface area contributed by atoms with Gasteiger partial charge in [-0.1, -0.05) is 24.3 Å². The normalized spacial score (nSPS) is 15.9. The maximum Gasteiger partial charge on any atom is 0.277 e. The van der Waals surface area contributed by atoms with Gasteiger partial charge in [-0.25, -0.2) is 0 Å². The zero-order chi connectivity index (χ0) is 18.0. The molecule has 0 unspecified atom stereocenters. The molecule has 1 amide bonds. The molecule has 8 heteroatoms. The van der Waals surface area contributed by atoms with Gasteiger partial charge in [-0.15, -0.1) is 0 Å². The smallest absolute Gasteiger partial charge is 0.277 e. The topological polar surface area (TPSA) is 115 Å². The molecular formula is C17H15N3O5. The fourth-order valence-electron chi connectivity index (χ4n) is 3.08. The summed E-state index contributed by atoms with van der Waals surface area (Å²) in [5, 5.41) is 24.8. The fourth-order valence-corrected chi connectivity index (χ4v) is 3.08. The van der Waals surface area contributed by atoms with Crippen molar-refractivity contribution in [3.05, 3.63) is 79.4 Å². The third-order valence-electron chi connectivity index (χ3n) is 4.26. The van der Waals surface area contributed by atoms with Gasteiger partial charge in [-0.05, 0) is 30.4 Å². The van der Waals surface area contributed by atoms with E-state index in [0.717, 1.165) is 48.6 Å². The van der Waals surface area contributed by atoms with Crippen LogP contribution in [0.2, 0.25) is 0 Å². The first-order valence-electron chi connectivity index (χ1n) is 7.78. The second-order valence-corrected chi connectivity index (χ2v) is 5.87. The number of carbonyl (C=O) groups is 1. The summed E-state index contributed by atoms with van der Waals surface area (Å²) in [4.78, 5) is 32.9. The zero-order valence-corrected chi connectivity index (χ0v) is 13.2. The number of nitro benzene ring substituents is 2. The van der Waals surface area contributed by atoms with Crippen molar-refractivity contribution in [2.45, 2.75) is 25.3 Å². The summed E-state index contributed by atoms with van der Waals surface area (Å²) in [6.45, 7) is 0. The molecule has 25 heavy (non-hydrogen) atoms. The SMILES string of the molecule is O=C(N[C@H]1CCCc2ccccc21)c1cc([N+](=O)[O-])cc([N+](=O)[O-])c1. The van der Waals surface area contributed by atoms with E-state index in [-0.39, 0.29) is 11.6 Å². The van der Waals surface area contributed by atoms with Crippen molar-refractivity contribution in [1.29, 1.82) is 0 Å². The van der Waals surface area contributed by atoms with Crippen LogP contribution in [-0.2, 0) is 6.42 Å². The first-order chi connectivity index (χ1) is 12.0. The number of nitro groups is 2. The number of rotatable bonds is 4. The highest BCUT2D eigenvalue weighted by Crippen LogP contribution is 2.30. The molecule has 3 rings (SSSR count). The summed E-state index contributed by atoms with van der Waals surface area (Å²) in [5.74, 6) is -0.562. The molecule has 0 spiro atoms. The van der Waals surface area contributed by atoms with Crippen molar-refractivity contribution in [3.63, 3.8) is 0 Å². The number of nitrogens with zero attached hydrogens (tertiary/aromatic N) is 2. The van der Waals surface area contributed by atoms with Crippen LogP contribution in [0, 0.1) is 20.2 Å². The Hall–Kier alpha value is -3.29. The molecule has 0 saturated carbocycles. The predicted molar refractivity (Wildman–Crippen MR) is 89.3 cm³/mol. The summed E-state index contributed by atoms with van der Waals surface area (Å²) >= 11 is 0. The molecule has 128 valence electrons. The van der Waals surface area contributed by atoms with Crippen LogP contribution in [0.25, 0.3) is 0 Å². The van der Waals surface area contributed by atoms with E-state index in [1.165, 1.54) is 0 Å². The molecule has 0 bridgehead atoms. The molecular weight excluding hydrogens is 326 g/mol. The lowest BCUT2D eigenvalue weighted by molar-refractivity contribution is -0.394. The molecule has 0 radical (unpaired) electrons. The quantitative estimate of drug-likeness (QED) is 0.676. The molecule has 0 saturated heterocycles. The van der Waals surface area contributed by atoms with Gasteiger partial charge in [0.2, 0.25) is 0 Å². The first kappa shape index (κ1) is 16.6. The van der Waals surface area contributed by atoms with Gasteiger partial charge >= 0.3 is 0 Å². The Balaban J connectivity index is 1.89. The van der Waals surface area contributed by atoms with Crippen LogP contribution < -0.4 is 5.32 Å². The van der Waals surface area contributed by atoms with E-state index in [1.54, 1.807) is 0 Å². The molecule has 1 aliphatic rings. The molecule has 8 nitrogen and oxygen atoms in total. The summed E-state index contributed by atoms with van der Waals surface area (Å²) in [6, 6.07) is 10.5. The lowest BCUT2D eigenvalue weighted by Crippen LogP contribution is -2.31. The molecule has 2 aromatic rings. The van der Waals surface area contributed by atoms with E-state index in [9.17, 15) is 25.0 Å². The molecule has 0 aliphatic heterocycles. The molecule has 0 heterocycles. The monoisotopic (exact) mass is 341 g/mol. The summed E-state index contributed by atoms with van der Waals surface area (Å²) in [6.07, 6.45) is 2.60. The van der Waals surface area contributed by atoms with Gasteiger partial charge < -0.3 is 5.32 Å². The van der Waals surface area contributed by atoms with Crippen molar-refractivity contribution >= 4 is 17.3 Å². The summed E-state index contributed by atoms with van der Waals surface area (Å²) in [7, 11) is 0. The number of hydrogen-bond acceptors (Lipinski definition) is 5. The lowest BCUT2D eigenvalue weighted by Gasteiger charge is -2.26. The van der Waals surface area contributed by atoms with Crippen LogP contribution in [0.5, 0.6) is 0 Å². The van der Waals surface area contributed by atoms with Crippen LogP contribution in [0.3, 0.4) is 0 Å². The van der Waals surface area contributed by atoms with Crippen molar-refractivity contribution in [3.8, 4) is 0 Å². The van der Waals surface area contributed by atoms with E-state index < -0.39 is 27.1 Å². The van der Waals surface area contributed by atoms with Crippen LogP contribution in [0.15, 0.2) is 42.5 Å². The number of hydrogen-bond donors (Lipinski definition) is 1. The van der Waals surface area contributed by atoms with Crippen LogP contribution in [0.1, 0.15) is 40.4 Å². The van der Waals surface area contributed by atoms with E-state index in [0.29, 0.717) is 0 Å². The third kappa shape index (κ3) is 3.47. The number of benzene rings is 2. The fraction of sp³-hybridized carbons (Fsp3) is 0.235. The zero-order valence-electron chi connectivity index (χ0n) is 13.2.